The molecule has 0 bridgehead atoms. The highest BCUT2D eigenvalue weighted by molar-refractivity contribution is 6.32. The molecular formula is C16H12ClNO. The summed E-state index contributed by atoms with van der Waals surface area (Å²) in [7, 11) is 0. The first-order valence-corrected chi connectivity index (χ1v) is 6.21. The summed E-state index contributed by atoms with van der Waals surface area (Å²) in [5.74, 6) is 0.582. The fourth-order valence-corrected chi connectivity index (χ4v) is 1.81. The van der Waals surface area contributed by atoms with E-state index in [0.717, 1.165) is 5.56 Å². The van der Waals surface area contributed by atoms with Crippen LogP contribution in [0.1, 0.15) is 11.1 Å². The molecule has 3 heteroatoms. The third-order valence-corrected chi connectivity index (χ3v) is 2.80. The Morgan fingerprint density at radius 2 is 1.95 bits per heavy atom. The van der Waals surface area contributed by atoms with E-state index in [1.54, 1.807) is 18.2 Å². The van der Waals surface area contributed by atoms with Crippen LogP contribution in [-0.4, -0.2) is 6.61 Å². The number of hydrogen-bond acceptors (Lipinski definition) is 2. The van der Waals surface area contributed by atoms with Crippen LogP contribution < -0.4 is 4.74 Å². The van der Waals surface area contributed by atoms with Gasteiger partial charge in [-0.2, -0.15) is 5.26 Å². The Kier molecular flexibility index (Phi) is 4.60. The summed E-state index contributed by atoms with van der Waals surface area (Å²) in [6, 6.07) is 17.0. The van der Waals surface area contributed by atoms with Crippen LogP contribution in [0.25, 0.3) is 6.08 Å². The largest absolute Gasteiger partial charge is 0.488 e. The van der Waals surface area contributed by atoms with Crippen molar-refractivity contribution in [1.29, 1.82) is 5.26 Å². The first-order chi connectivity index (χ1) is 9.29. The number of benzene rings is 2. The third kappa shape index (κ3) is 3.87. The maximum absolute atomic E-state index is 8.73. The molecule has 0 radical (unpaired) electrons. The van der Waals surface area contributed by atoms with Crippen molar-refractivity contribution >= 4 is 17.7 Å². The topological polar surface area (TPSA) is 33.0 Å². The minimum Gasteiger partial charge on any atom is -0.488 e. The van der Waals surface area contributed by atoms with Crippen LogP contribution in [-0.2, 0) is 0 Å². The zero-order valence-corrected chi connectivity index (χ0v) is 11.0. The number of ether oxygens (including phenoxy) is 1. The molecule has 0 aromatic heterocycles. The number of nitriles is 1. The molecule has 2 rings (SSSR count). The SMILES string of the molecule is N#Cc1ccc(OCC=Cc2ccccc2)c(Cl)c1. The second-order valence-corrected chi connectivity index (χ2v) is 4.29. The van der Waals surface area contributed by atoms with Gasteiger partial charge >= 0.3 is 0 Å². The molecule has 0 unspecified atom stereocenters. The fourth-order valence-electron chi connectivity index (χ4n) is 1.57. The van der Waals surface area contributed by atoms with E-state index in [4.69, 9.17) is 21.6 Å². The predicted molar refractivity (Wildman–Crippen MR) is 77.1 cm³/mol. The van der Waals surface area contributed by atoms with Gasteiger partial charge in [-0.25, -0.2) is 0 Å². The summed E-state index contributed by atoms with van der Waals surface area (Å²) >= 11 is 6.00. The van der Waals surface area contributed by atoms with Gasteiger partial charge in [0.05, 0.1) is 16.7 Å². The van der Waals surface area contributed by atoms with Gasteiger partial charge in [0.2, 0.25) is 0 Å². The van der Waals surface area contributed by atoms with Crippen LogP contribution >= 0.6 is 11.6 Å². The van der Waals surface area contributed by atoms with Crippen LogP contribution in [0, 0.1) is 11.3 Å². The van der Waals surface area contributed by atoms with Crippen LogP contribution in [0.5, 0.6) is 5.75 Å². The molecule has 0 saturated carbocycles. The summed E-state index contributed by atoms with van der Waals surface area (Å²) in [4.78, 5) is 0. The molecule has 0 fully saturated rings. The molecule has 0 atom stereocenters. The summed E-state index contributed by atoms with van der Waals surface area (Å²) in [6.45, 7) is 0.431. The molecule has 2 aromatic rings. The van der Waals surface area contributed by atoms with Crippen LogP contribution in [0.3, 0.4) is 0 Å². The van der Waals surface area contributed by atoms with Crippen LogP contribution in [0.15, 0.2) is 54.6 Å². The third-order valence-electron chi connectivity index (χ3n) is 2.51. The Balaban J connectivity index is 1.93. The molecule has 0 N–H and O–H groups in total. The van der Waals surface area contributed by atoms with Gasteiger partial charge in [0.25, 0.3) is 0 Å². The van der Waals surface area contributed by atoms with Crippen molar-refractivity contribution in [3.05, 3.63) is 70.8 Å². The van der Waals surface area contributed by atoms with Gasteiger partial charge < -0.3 is 4.74 Å². The average Bonchev–Trinajstić information content (AvgIpc) is 2.46. The Labute approximate surface area is 117 Å². The quantitative estimate of drug-likeness (QED) is 0.829. The smallest absolute Gasteiger partial charge is 0.138 e. The van der Waals surface area contributed by atoms with E-state index in [1.165, 1.54) is 0 Å². The lowest BCUT2D eigenvalue weighted by Gasteiger charge is -2.05. The first kappa shape index (κ1) is 13.2. The summed E-state index contributed by atoms with van der Waals surface area (Å²) in [5.41, 5.74) is 1.65. The number of nitrogens with zero attached hydrogens (tertiary/aromatic N) is 1. The molecule has 0 aliphatic rings. The molecule has 0 heterocycles. The van der Waals surface area contributed by atoms with Crippen molar-refractivity contribution < 1.29 is 4.74 Å². The Morgan fingerprint density at radius 3 is 2.63 bits per heavy atom. The zero-order chi connectivity index (χ0) is 13.5. The van der Waals surface area contributed by atoms with E-state index in [-0.39, 0.29) is 0 Å². The lowest BCUT2D eigenvalue weighted by molar-refractivity contribution is 0.364. The first-order valence-electron chi connectivity index (χ1n) is 5.83. The Morgan fingerprint density at radius 1 is 1.16 bits per heavy atom. The number of halogens is 1. The second kappa shape index (κ2) is 6.63. The fraction of sp³-hybridized carbons (Fsp3) is 0.0625. The van der Waals surface area contributed by atoms with E-state index in [9.17, 15) is 0 Å². The van der Waals surface area contributed by atoms with Crippen molar-refractivity contribution in [3.63, 3.8) is 0 Å². The molecule has 0 aliphatic carbocycles. The van der Waals surface area contributed by atoms with E-state index >= 15 is 0 Å². The van der Waals surface area contributed by atoms with Gasteiger partial charge in [0.15, 0.2) is 0 Å². The van der Waals surface area contributed by atoms with Gasteiger partial charge in [-0.3, -0.25) is 0 Å². The van der Waals surface area contributed by atoms with Crippen molar-refractivity contribution in [1.82, 2.24) is 0 Å². The highest BCUT2D eigenvalue weighted by Crippen LogP contribution is 2.25. The van der Waals surface area contributed by atoms with E-state index < -0.39 is 0 Å². The summed E-state index contributed by atoms with van der Waals surface area (Å²) in [5, 5.41) is 9.18. The minimum absolute atomic E-state index is 0.431. The van der Waals surface area contributed by atoms with Crippen LogP contribution in [0.4, 0.5) is 0 Å². The lowest BCUT2D eigenvalue weighted by Crippen LogP contribution is -1.94. The molecule has 2 nitrogen and oxygen atoms in total. The van der Waals surface area contributed by atoms with E-state index in [2.05, 4.69) is 0 Å². The molecular weight excluding hydrogens is 258 g/mol. The maximum Gasteiger partial charge on any atom is 0.138 e. The summed E-state index contributed by atoms with van der Waals surface area (Å²) < 4.78 is 5.53. The average molecular weight is 270 g/mol. The zero-order valence-electron chi connectivity index (χ0n) is 10.2. The summed E-state index contributed by atoms with van der Waals surface area (Å²) in [6.07, 6.45) is 3.90. The minimum atomic E-state index is 0.431. The Bertz CT molecular complexity index is 614. The molecule has 19 heavy (non-hydrogen) atoms. The Hall–Kier alpha value is -2.24. The molecule has 0 saturated heterocycles. The molecule has 0 amide bonds. The molecule has 94 valence electrons. The van der Waals surface area contributed by atoms with Gasteiger partial charge in [0, 0.05) is 0 Å². The van der Waals surface area contributed by atoms with Crippen molar-refractivity contribution in [2.45, 2.75) is 0 Å². The van der Waals surface area contributed by atoms with Crippen LogP contribution in [0.2, 0.25) is 5.02 Å². The predicted octanol–water partition coefficient (Wildman–Crippen LogP) is 4.30. The highest BCUT2D eigenvalue weighted by Gasteiger charge is 2.01. The van der Waals surface area contributed by atoms with E-state index in [1.807, 2.05) is 48.6 Å². The van der Waals surface area contributed by atoms with Crippen molar-refractivity contribution in [3.8, 4) is 11.8 Å². The monoisotopic (exact) mass is 269 g/mol. The normalized spacial score (nSPS) is 10.3. The number of hydrogen-bond donors (Lipinski definition) is 0. The lowest BCUT2D eigenvalue weighted by atomic mass is 10.2. The number of rotatable bonds is 4. The van der Waals surface area contributed by atoms with Crippen molar-refractivity contribution in [2.75, 3.05) is 6.61 Å². The standard InChI is InChI=1S/C16H12ClNO/c17-15-11-14(12-18)8-9-16(15)19-10-4-7-13-5-2-1-3-6-13/h1-9,11H,10H2. The van der Waals surface area contributed by atoms with Crippen molar-refractivity contribution in [2.24, 2.45) is 0 Å². The molecule has 0 spiro atoms. The maximum atomic E-state index is 8.73. The van der Waals surface area contributed by atoms with Gasteiger partial charge in [-0.1, -0.05) is 48.0 Å². The van der Waals surface area contributed by atoms with E-state index in [0.29, 0.717) is 22.9 Å². The molecule has 2 aromatic carbocycles. The van der Waals surface area contributed by atoms with Gasteiger partial charge in [-0.05, 0) is 29.8 Å². The van der Waals surface area contributed by atoms with Gasteiger partial charge in [-0.15, -0.1) is 0 Å². The second-order valence-electron chi connectivity index (χ2n) is 3.88. The highest BCUT2D eigenvalue weighted by atomic mass is 35.5. The van der Waals surface area contributed by atoms with Gasteiger partial charge in [0.1, 0.15) is 12.4 Å². The molecule has 0 aliphatic heterocycles.